The van der Waals surface area contributed by atoms with Crippen molar-refractivity contribution in [3.63, 3.8) is 0 Å². The molecule has 0 saturated heterocycles. The van der Waals surface area contributed by atoms with Crippen molar-refractivity contribution in [2.24, 2.45) is 5.73 Å². The van der Waals surface area contributed by atoms with Crippen LogP contribution in [-0.4, -0.2) is 25.4 Å². The molecule has 96 valence electrons. The molecule has 1 rings (SSSR count). The molecule has 2 N–H and O–H groups in total. The van der Waals surface area contributed by atoms with Gasteiger partial charge in [-0.1, -0.05) is 11.6 Å². The van der Waals surface area contributed by atoms with E-state index in [1.807, 2.05) is 39.0 Å². The van der Waals surface area contributed by atoms with Crippen LogP contribution in [0.2, 0.25) is 5.02 Å². The minimum absolute atomic E-state index is 0.295. The second kappa shape index (κ2) is 6.24. The number of halogens is 1. The molecule has 0 aromatic heterocycles. The molecule has 0 aliphatic heterocycles. The molecule has 0 aliphatic rings. The third kappa shape index (κ3) is 5.91. The van der Waals surface area contributed by atoms with Gasteiger partial charge in [-0.2, -0.15) is 0 Å². The number of hydrogen-bond donors (Lipinski definition) is 1. The van der Waals surface area contributed by atoms with Crippen LogP contribution in [0.5, 0.6) is 5.75 Å². The molecule has 0 unspecified atom stereocenters. The van der Waals surface area contributed by atoms with Gasteiger partial charge in [0.2, 0.25) is 0 Å². The maximum Gasteiger partial charge on any atom is 0.122 e. The standard InChI is InChI=1S/C13H20ClNO2/c1-10-8-11(14)4-5-12(10)17-7-6-16-9-13(2,3)15/h4-5,8H,6-7,9,15H2,1-3H3. The molecular formula is C13H20ClNO2. The largest absolute Gasteiger partial charge is 0.491 e. The molecule has 17 heavy (non-hydrogen) atoms. The first-order valence-electron chi connectivity index (χ1n) is 5.64. The zero-order valence-corrected chi connectivity index (χ0v) is 11.4. The van der Waals surface area contributed by atoms with Gasteiger partial charge in [0.05, 0.1) is 13.2 Å². The van der Waals surface area contributed by atoms with Crippen molar-refractivity contribution < 1.29 is 9.47 Å². The highest BCUT2D eigenvalue weighted by Gasteiger charge is 2.10. The van der Waals surface area contributed by atoms with Crippen molar-refractivity contribution in [1.29, 1.82) is 0 Å². The average Bonchev–Trinajstić information content (AvgIpc) is 2.18. The topological polar surface area (TPSA) is 44.5 Å². The molecule has 0 bridgehead atoms. The van der Waals surface area contributed by atoms with E-state index in [0.717, 1.165) is 16.3 Å². The summed E-state index contributed by atoms with van der Waals surface area (Å²) in [5, 5.41) is 0.719. The lowest BCUT2D eigenvalue weighted by Crippen LogP contribution is -2.37. The second-order valence-electron chi connectivity index (χ2n) is 4.80. The molecule has 1 aromatic carbocycles. The van der Waals surface area contributed by atoms with Crippen LogP contribution < -0.4 is 10.5 Å². The smallest absolute Gasteiger partial charge is 0.122 e. The number of aryl methyl sites for hydroxylation is 1. The number of hydrogen-bond acceptors (Lipinski definition) is 3. The fourth-order valence-electron chi connectivity index (χ4n) is 1.32. The third-order valence-electron chi connectivity index (χ3n) is 2.10. The van der Waals surface area contributed by atoms with E-state index in [0.29, 0.717) is 19.8 Å². The summed E-state index contributed by atoms with van der Waals surface area (Å²) in [6, 6.07) is 5.55. The summed E-state index contributed by atoms with van der Waals surface area (Å²) < 4.78 is 11.0. The maximum atomic E-state index is 5.86. The van der Waals surface area contributed by atoms with E-state index in [1.54, 1.807) is 0 Å². The van der Waals surface area contributed by atoms with Crippen molar-refractivity contribution in [3.05, 3.63) is 28.8 Å². The highest BCUT2D eigenvalue weighted by molar-refractivity contribution is 6.30. The van der Waals surface area contributed by atoms with Crippen molar-refractivity contribution >= 4 is 11.6 Å². The van der Waals surface area contributed by atoms with Gasteiger partial charge in [-0.05, 0) is 44.5 Å². The Labute approximate surface area is 108 Å². The molecule has 4 heteroatoms. The first-order valence-corrected chi connectivity index (χ1v) is 6.02. The fraction of sp³-hybridized carbons (Fsp3) is 0.538. The average molecular weight is 258 g/mol. The minimum atomic E-state index is -0.295. The highest BCUT2D eigenvalue weighted by atomic mass is 35.5. The Morgan fingerprint density at radius 2 is 2.00 bits per heavy atom. The van der Waals surface area contributed by atoms with Crippen LogP contribution in [0.4, 0.5) is 0 Å². The van der Waals surface area contributed by atoms with Crippen molar-refractivity contribution in [1.82, 2.24) is 0 Å². The summed E-state index contributed by atoms with van der Waals surface area (Å²) in [6.07, 6.45) is 0. The Balaban J connectivity index is 2.27. The molecule has 0 heterocycles. The van der Waals surface area contributed by atoms with Crippen LogP contribution in [0.25, 0.3) is 0 Å². The van der Waals surface area contributed by atoms with Crippen molar-refractivity contribution in [3.8, 4) is 5.75 Å². The second-order valence-corrected chi connectivity index (χ2v) is 5.24. The monoisotopic (exact) mass is 257 g/mol. The summed E-state index contributed by atoms with van der Waals surface area (Å²) in [5.41, 5.74) is 6.52. The minimum Gasteiger partial charge on any atom is -0.491 e. The van der Waals surface area contributed by atoms with Crippen LogP contribution in [0.15, 0.2) is 18.2 Å². The number of nitrogens with two attached hydrogens (primary N) is 1. The van der Waals surface area contributed by atoms with E-state index in [-0.39, 0.29) is 5.54 Å². The summed E-state index contributed by atoms with van der Waals surface area (Å²) in [4.78, 5) is 0. The molecule has 0 amide bonds. The van der Waals surface area contributed by atoms with Gasteiger partial charge >= 0.3 is 0 Å². The Bertz CT molecular complexity index is 361. The molecule has 0 radical (unpaired) electrons. The van der Waals surface area contributed by atoms with Gasteiger partial charge in [-0.15, -0.1) is 0 Å². The van der Waals surface area contributed by atoms with Crippen LogP contribution >= 0.6 is 11.6 Å². The molecular weight excluding hydrogens is 238 g/mol. The lowest BCUT2D eigenvalue weighted by Gasteiger charge is -2.18. The van der Waals surface area contributed by atoms with E-state index in [1.165, 1.54) is 0 Å². The predicted molar refractivity (Wildman–Crippen MR) is 70.8 cm³/mol. The fourth-order valence-corrected chi connectivity index (χ4v) is 1.55. The van der Waals surface area contributed by atoms with Gasteiger partial charge in [-0.25, -0.2) is 0 Å². The van der Waals surface area contributed by atoms with Gasteiger partial charge in [0, 0.05) is 10.6 Å². The van der Waals surface area contributed by atoms with Gasteiger partial charge in [0.15, 0.2) is 0 Å². The Kier molecular flexibility index (Phi) is 5.25. The highest BCUT2D eigenvalue weighted by Crippen LogP contribution is 2.21. The zero-order chi connectivity index (χ0) is 12.9. The number of rotatable bonds is 6. The summed E-state index contributed by atoms with van der Waals surface area (Å²) in [5.74, 6) is 0.838. The Morgan fingerprint density at radius 3 is 2.59 bits per heavy atom. The van der Waals surface area contributed by atoms with Crippen molar-refractivity contribution in [2.75, 3.05) is 19.8 Å². The van der Waals surface area contributed by atoms with Crippen LogP contribution in [0, 0.1) is 6.92 Å². The lowest BCUT2D eigenvalue weighted by molar-refractivity contribution is 0.0723. The van der Waals surface area contributed by atoms with Crippen LogP contribution in [-0.2, 0) is 4.74 Å². The molecule has 0 fully saturated rings. The van der Waals surface area contributed by atoms with Crippen molar-refractivity contribution in [2.45, 2.75) is 26.3 Å². The van der Waals surface area contributed by atoms with E-state index >= 15 is 0 Å². The van der Waals surface area contributed by atoms with Gasteiger partial charge in [0.1, 0.15) is 12.4 Å². The Hall–Kier alpha value is -0.770. The zero-order valence-electron chi connectivity index (χ0n) is 10.6. The van der Waals surface area contributed by atoms with Gasteiger partial charge < -0.3 is 15.2 Å². The van der Waals surface area contributed by atoms with E-state index in [2.05, 4.69) is 0 Å². The lowest BCUT2D eigenvalue weighted by atomic mass is 10.1. The molecule has 0 spiro atoms. The molecule has 1 aromatic rings. The summed E-state index contributed by atoms with van der Waals surface area (Å²) in [6.45, 7) is 7.39. The maximum absolute atomic E-state index is 5.86. The molecule has 3 nitrogen and oxygen atoms in total. The summed E-state index contributed by atoms with van der Waals surface area (Å²) >= 11 is 5.86. The molecule has 0 atom stereocenters. The van der Waals surface area contributed by atoms with Gasteiger partial charge in [0.25, 0.3) is 0 Å². The van der Waals surface area contributed by atoms with Crippen LogP contribution in [0.3, 0.4) is 0 Å². The normalized spacial score (nSPS) is 11.6. The van der Waals surface area contributed by atoms with Gasteiger partial charge in [-0.3, -0.25) is 0 Å². The first-order chi connectivity index (χ1) is 7.88. The summed E-state index contributed by atoms with van der Waals surface area (Å²) in [7, 11) is 0. The quantitative estimate of drug-likeness (QED) is 0.797. The SMILES string of the molecule is Cc1cc(Cl)ccc1OCCOCC(C)(C)N. The predicted octanol–water partition coefficient (Wildman–Crippen LogP) is 2.78. The molecule has 0 aliphatic carbocycles. The molecule has 0 saturated carbocycles. The number of ether oxygens (including phenoxy) is 2. The van der Waals surface area contributed by atoms with Crippen LogP contribution in [0.1, 0.15) is 19.4 Å². The first kappa shape index (κ1) is 14.3. The Morgan fingerprint density at radius 1 is 1.29 bits per heavy atom. The number of benzene rings is 1. The van der Waals surface area contributed by atoms with E-state index in [4.69, 9.17) is 26.8 Å². The van der Waals surface area contributed by atoms with E-state index < -0.39 is 0 Å². The van der Waals surface area contributed by atoms with E-state index in [9.17, 15) is 0 Å². The third-order valence-corrected chi connectivity index (χ3v) is 2.33.